The summed E-state index contributed by atoms with van der Waals surface area (Å²) >= 11 is 0. The van der Waals surface area contributed by atoms with Gasteiger partial charge in [0.05, 0.1) is 5.56 Å². The lowest BCUT2D eigenvalue weighted by Gasteiger charge is -2.19. The number of rotatable bonds is 6. The van der Waals surface area contributed by atoms with Crippen molar-refractivity contribution in [1.82, 2.24) is 10.6 Å². The zero-order valence-corrected chi connectivity index (χ0v) is 17.8. The second-order valence-electron chi connectivity index (χ2n) is 7.86. The van der Waals surface area contributed by atoms with Crippen molar-refractivity contribution in [2.75, 3.05) is 11.9 Å². The third-order valence-electron chi connectivity index (χ3n) is 3.96. The fourth-order valence-corrected chi connectivity index (χ4v) is 2.47. The van der Waals surface area contributed by atoms with Crippen molar-refractivity contribution in [2.45, 2.75) is 39.1 Å². The minimum atomic E-state index is -4.46. The number of halogens is 3. The molecule has 0 aliphatic rings. The third kappa shape index (κ3) is 8.29. The molecule has 0 radical (unpaired) electrons. The number of ether oxygens (including phenoxy) is 1. The van der Waals surface area contributed by atoms with Crippen LogP contribution in [0.5, 0.6) is 0 Å². The molecule has 0 atom stereocenters. The van der Waals surface area contributed by atoms with Crippen LogP contribution >= 0.6 is 0 Å². The predicted molar refractivity (Wildman–Crippen MR) is 112 cm³/mol. The van der Waals surface area contributed by atoms with Crippen LogP contribution < -0.4 is 16.0 Å². The third-order valence-corrected chi connectivity index (χ3v) is 3.96. The Morgan fingerprint density at radius 2 is 1.47 bits per heavy atom. The van der Waals surface area contributed by atoms with Gasteiger partial charge in [-0.3, -0.25) is 9.59 Å². The maximum atomic E-state index is 12.6. The molecule has 2 aromatic carbocycles. The van der Waals surface area contributed by atoms with E-state index in [1.165, 1.54) is 0 Å². The van der Waals surface area contributed by atoms with Crippen molar-refractivity contribution in [3.05, 3.63) is 65.2 Å². The summed E-state index contributed by atoms with van der Waals surface area (Å²) < 4.78 is 42.8. The van der Waals surface area contributed by atoms with Crippen LogP contribution in [0.3, 0.4) is 0 Å². The Balaban J connectivity index is 1.80. The lowest BCUT2D eigenvalue weighted by molar-refractivity contribution is -0.137. The molecule has 172 valence electrons. The topological polar surface area (TPSA) is 96.5 Å². The van der Waals surface area contributed by atoms with Crippen LogP contribution in [0.1, 0.15) is 42.3 Å². The first-order chi connectivity index (χ1) is 14.8. The number of alkyl carbamates (subject to hydrolysis) is 1. The molecular weight excluding hydrogens is 427 g/mol. The highest BCUT2D eigenvalue weighted by Gasteiger charge is 2.30. The molecule has 0 aliphatic heterocycles. The highest BCUT2D eigenvalue weighted by molar-refractivity contribution is 5.94. The van der Waals surface area contributed by atoms with E-state index in [4.69, 9.17) is 4.74 Å². The summed E-state index contributed by atoms with van der Waals surface area (Å²) in [7, 11) is 0. The summed E-state index contributed by atoms with van der Waals surface area (Å²) in [6.07, 6.45) is -5.16. The minimum Gasteiger partial charge on any atom is -0.444 e. The van der Waals surface area contributed by atoms with Gasteiger partial charge in [0.2, 0.25) is 5.91 Å². The monoisotopic (exact) mass is 451 g/mol. The molecule has 3 N–H and O–H groups in total. The van der Waals surface area contributed by atoms with Crippen molar-refractivity contribution in [1.29, 1.82) is 0 Å². The Morgan fingerprint density at radius 3 is 2.00 bits per heavy atom. The SMILES string of the molecule is CC(C)(C)OC(=O)NCC(=O)Nc1ccc(CNC(=O)c2ccc(C(F)(F)F)cc2)cc1. The first-order valence-corrected chi connectivity index (χ1v) is 9.64. The Bertz CT molecular complexity index is 950. The van der Waals surface area contributed by atoms with Gasteiger partial charge in [-0.2, -0.15) is 13.2 Å². The Labute approximate surface area is 183 Å². The van der Waals surface area contributed by atoms with Gasteiger partial charge in [0.1, 0.15) is 12.1 Å². The fraction of sp³-hybridized carbons (Fsp3) is 0.318. The number of amides is 3. The van der Waals surface area contributed by atoms with Crippen LogP contribution in [-0.4, -0.2) is 30.1 Å². The number of carbonyl (C=O) groups excluding carboxylic acids is 3. The highest BCUT2D eigenvalue weighted by Crippen LogP contribution is 2.29. The molecule has 0 saturated heterocycles. The van der Waals surface area contributed by atoms with E-state index in [0.717, 1.165) is 29.8 Å². The van der Waals surface area contributed by atoms with Gasteiger partial charge in [-0.1, -0.05) is 12.1 Å². The first kappa shape index (κ1) is 24.7. The van der Waals surface area contributed by atoms with Crippen LogP contribution in [0.2, 0.25) is 0 Å². The minimum absolute atomic E-state index is 0.111. The van der Waals surface area contributed by atoms with E-state index in [1.54, 1.807) is 45.0 Å². The number of benzene rings is 2. The summed E-state index contributed by atoms with van der Waals surface area (Å²) in [5.41, 5.74) is -0.181. The maximum Gasteiger partial charge on any atom is 0.416 e. The fourth-order valence-electron chi connectivity index (χ4n) is 2.47. The Kier molecular flexibility index (Phi) is 7.85. The average molecular weight is 451 g/mol. The van der Waals surface area contributed by atoms with E-state index >= 15 is 0 Å². The number of alkyl halides is 3. The van der Waals surface area contributed by atoms with Crippen LogP contribution in [0.25, 0.3) is 0 Å². The standard InChI is InChI=1S/C22H24F3N3O4/c1-21(2,3)32-20(31)27-13-18(29)28-17-10-4-14(5-11-17)12-26-19(30)15-6-8-16(9-7-15)22(23,24)25/h4-11H,12-13H2,1-3H3,(H,26,30)(H,27,31)(H,28,29). The molecule has 10 heteroatoms. The summed E-state index contributed by atoms with van der Waals surface area (Å²) in [4.78, 5) is 35.6. The lowest BCUT2D eigenvalue weighted by atomic mass is 10.1. The molecule has 0 heterocycles. The van der Waals surface area contributed by atoms with E-state index in [-0.39, 0.29) is 18.7 Å². The average Bonchev–Trinajstić information content (AvgIpc) is 2.70. The molecule has 0 aromatic heterocycles. The van der Waals surface area contributed by atoms with Crippen molar-refractivity contribution >= 4 is 23.6 Å². The molecule has 0 bridgehead atoms. The number of nitrogens with one attached hydrogen (secondary N) is 3. The quantitative estimate of drug-likeness (QED) is 0.616. The van der Waals surface area contributed by atoms with E-state index in [9.17, 15) is 27.6 Å². The van der Waals surface area contributed by atoms with Crippen molar-refractivity contribution < 1.29 is 32.3 Å². The summed E-state index contributed by atoms with van der Waals surface area (Å²) in [6, 6.07) is 10.5. The van der Waals surface area contributed by atoms with Gasteiger partial charge in [-0.25, -0.2) is 4.79 Å². The molecular formula is C22H24F3N3O4. The zero-order chi connectivity index (χ0) is 23.9. The molecule has 0 spiro atoms. The normalized spacial score (nSPS) is 11.4. The first-order valence-electron chi connectivity index (χ1n) is 9.64. The Morgan fingerprint density at radius 1 is 0.875 bits per heavy atom. The molecule has 0 saturated carbocycles. The van der Waals surface area contributed by atoms with Gasteiger partial charge in [0.15, 0.2) is 0 Å². The van der Waals surface area contributed by atoms with Gasteiger partial charge in [0, 0.05) is 17.8 Å². The maximum absolute atomic E-state index is 12.6. The molecule has 7 nitrogen and oxygen atoms in total. The van der Waals surface area contributed by atoms with Crippen LogP contribution in [-0.2, 0) is 22.3 Å². The van der Waals surface area contributed by atoms with E-state index < -0.39 is 35.2 Å². The van der Waals surface area contributed by atoms with Gasteiger partial charge >= 0.3 is 12.3 Å². The van der Waals surface area contributed by atoms with Crippen molar-refractivity contribution in [2.24, 2.45) is 0 Å². The predicted octanol–water partition coefficient (Wildman–Crippen LogP) is 4.10. The molecule has 0 unspecified atom stereocenters. The van der Waals surface area contributed by atoms with Gasteiger partial charge in [-0.05, 0) is 62.7 Å². The number of anilines is 1. The van der Waals surface area contributed by atoms with Gasteiger partial charge in [0.25, 0.3) is 5.91 Å². The highest BCUT2D eigenvalue weighted by atomic mass is 19.4. The van der Waals surface area contributed by atoms with E-state index in [0.29, 0.717) is 5.69 Å². The lowest BCUT2D eigenvalue weighted by Crippen LogP contribution is -2.37. The number of carbonyl (C=O) groups is 3. The summed E-state index contributed by atoms with van der Waals surface area (Å²) in [5, 5.41) is 7.57. The van der Waals surface area contributed by atoms with E-state index in [1.807, 2.05) is 0 Å². The van der Waals surface area contributed by atoms with Crippen LogP contribution in [0, 0.1) is 0 Å². The molecule has 0 aliphatic carbocycles. The second-order valence-corrected chi connectivity index (χ2v) is 7.86. The molecule has 3 amide bonds. The number of hydrogen-bond acceptors (Lipinski definition) is 4. The van der Waals surface area contributed by atoms with Crippen LogP contribution in [0.15, 0.2) is 48.5 Å². The zero-order valence-electron chi connectivity index (χ0n) is 17.8. The largest absolute Gasteiger partial charge is 0.444 e. The second kappa shape index (κ2) is 10.2. The molecule has 2 aromatic rings. The summed E-state index contributed by atoms with van der Waals surface area (Å²) in [5.74, 6) is -0.955. The van der Waals surface area contributed by atoms with Gasteiger partial charge < -0.3 is 20.7 Å². The van der Waals surface area contributed by atoms with Crippen molar-refractivity contribution in [3.63, 3.8) is 0 Å². The molecule has 2 rings (SSSR count). The van der Waals surface area contributed by atoms with E-state index in [2.05, 4.69) is 16.0 Å². The smallest absolute Gasteiger partial charge is 0.416 e. The van der Waals surface area contributed by atoms with Gasteiger partial charge in [-0.15, -0.1) is 0 Å². The molecule has 32 heavy (non-hydrogen) atoms. The Hall–Kier alpha value is -3.56. The summed E-state index contributed by atoms with van der Waals surface area (Å²) in [6.45, 7) is 5.01. The molecule has 0 fully saturated rings. The van der Waals surface area contributed by atoms with Crippen molar-refractivity contribution in [3.8, 4) is 0 Å². The van der Waals surface area contributed by atoms with Crippen LogP contribution in [0.4, 0.5) is 23.7 Å². The number of hydrogen-bond donors (Lipinski definition) is 3.